The highest BCUT2D eigenvalue weighted by Gasteiger charge is 2.24. The van der Waals surface area contributed by atoms with Crippen molar-refractivity contribution in [3.05, 3.63) is 77.6 Å². The zero-order chi connectivity index (χ0) is 24.4. The van der Waals surface area contributed by atoms with Crippen molar-refractivity contribution < 1.29 is 17.4 Å². The van der Waals surface area contributed by atoms with E-state index >= 15 is 0 Å². The van der Waals surface area contributed by atoms with Crippen molar-refractivity contribution in [1.82, 2.24) is 14.9 Å². The highest BCUT2D eigenvalue weighted by atomic mass is 32.2. The Morgan fingerprint density at radius 3 is 2.37 bits per heavy atom. The Morgan fingerprint density at radius 2 is 1.63 bits per heavy atom. The molecule has 3 aromatic rings. The topological polar surface area (TPSA) is 122 Å². The van der Waals surface area contributed by atoms with Crippen LogP contribution in [0.15, 0.2) is 60.9 Å². The number of carbonyl (C=O) groups excluding carboxylic acids is 1. The van der Waals surface area contributed by atoms with Crippen molar-refractivity contribution in [2.75, 3.05) is 42.5 Å². The van der Waals surface area contributed by atoms with E-state index in [1.54, 1.807) is 35.5 Å². The second-order valence-electron chi connectivity index (χ2n) is 8.56. The van der Waals surface area contributed by atoms with E-state index in [9.17, 15) is 13.2 Å². The fourth-order valence-electron chi connectivity index (χ4n) is 4.53. The van der Waals surface area contributed by atoms with Crippen molar-refractivity contribution >= 4 is 27.8 Å². The van der Waals surface area contributed by atoms with E-state index in [0.29, 0.717) is 25.1 Å². The Kier molecular flexibility index (Phi) is 6.27. The lowest BCUT2D eigenvalue weighted by atomic mass is 9.98. The monoisotopic (exact) mass is 494 g/mol. The first-order chi connectivity index (χ1) is 16.9. The summed E-state index contributed by atoms with van der Waals surface area (Å²) >= 11 is 0. The lowest BCUT2D eigenvalue weighted by Gasteiger charge is -2.36. The molecule has 11 heteroatoms. The summed E-state index contributed by atoms with van der Waals surface area (Å²) in [5, 5.41) is 4.98. The van der Waals surface area contributed by atoms with Gasteiger partial charge in [-0.05, 0) is 53.9 Å². The predicted octanol–water partition coefficient (Wildman–Crippen LogP) is 1.58. The van der Waals surface area contributed by atoms with Crippen LogP contribution < -0.4 is 19.1 Å². The number of benzene rings is 2. The number of carbonyl (C=O) groups is 1. The van der Waals surface area contributed by atoms with Gasteiger partial charge >= 0.3 is 10.3 Å². The number of hydrogen-bond donors (Lipinski definition) is 1. The van der Waals surface area contributed by atoms with E-state index in [1.165, 1.54) is 0 Å². The molecule has 1 saturated heterocycles. The zero-order valence-corrected chi connectivity index (χ0v) is 19.9. The predicted molar refractivity (Wildman–Crippen MR) is 132 cm³/mol. The molecule has 0 atom stereocenters. The van der Waals surface area contributed by atoms with Gasteiger partial charge in [0.25, 0.3) is 5.91 Å². The zero-order valence-electron chi connectivity index (χ0n) is 19.1. The van der Waals surface area contributed by atoms with Gasteiger partial charge in [0.15, 0.2) is 0 Å². The number of amides is 1. The fourth-order valence-corrected chi connectivity index (χ4v) is 4.90. The quantitative estimate of drug-likeness (QED) is 0.567. The highest BCUT2D eigenvalue weighted by molar-refractivity contribution is 7.84. The molecule has 0 bridgehead atoms. The van der Waals surface area contributed by atoms with Crippen molar-refractivity contribution in [3.63, 3.8) is 0 Å². The number of fused-ring (bicyclic) bond motifs is 1. The number of anilines is 2. The van der Waals surface area contributed by atoms with Gasteiger partial charge in [-0.3, -0.25) is 4.79 Å². The van der Waals surface area contributed by atoms with Crippen LogP contribution in [-0.2, 0) is 23.3 Å². The molecule has 0 unspecified atom stereocenters. The summed E-state index contributed by atoms with van der Waals surface area (Å²) in [5.41, 5.74) is 3.54. The number of hydrogen-bond acceptors (Lipinski definition) is 8. The van der Waals surface area contributed by atoms with Crippen LogP contribution >= 0.6 is 0 Å². The van der Waals surface area contributed by atoms with Gasteiger partial charge in [-0.1, -0.05) is 12.1 Å². The van der Waals surface area contributed by atoms with Crippen molar-refractivity contribution in [2.24, 2.45) is 5.14 Å². The van der Waals surface area contributed by atoms with Crippen LogP contribution in [0.5, 0.6) is 5.75 Å². The smallest absolute Gasteiger partial charge is 0.371 e. The average molecular weight is 495 g/mol. The number of rotatable bonds is 5. The van der Waals surface area contributed by atoms with Crippen molar-refractivity contribution in [1.29, 1.82) is 0 Å². The van der Waals surface area contributed by atoms with Crippen LogP contribution in [-0.4, -0.2) is 61.9 Å². The van der Waals surface area contributed by atoms with E-state index in [2.05, 4.69) is 19.8 Å². The van der Waals surface area contributed by atoms with E-state index < -0.39 is 10.3 Å². The van der Waals surface area contributed by atoms with Gasteiger partial charge in [0.1, 0.15) is 5.75 Å². The molecule has 1 amide bonds. The number of nitrogens with zero attached hydrogens (tertiary/aromatic N) is 5. The van der Waals surface area contributed by atoms with Gasteiger partial charge in [-0.2, -0.15) is 13.6 Å². The van der Waals surface area contributed by atoms with Crippen molar-refractivity contribution in [2.45, 2.75) is 13.0 Å². The molecule has 0 spiro atoms. The van der Waals surface area contributed by atoms with Gasteiger partial charge in [-0.25, -0.2) is 9.97 Å². The number of aromatic nitrogens is 2. The molecule has 182 valence electrons. The van der Waals surface area contributed by atoms with Crippen LogP contribution in [0.3, 0.4) is 0 Å². The first-order valence-electron chi connectivity index (χ1n) is 11.4. The summed E-state index contributed by atoms with van der Waals surface area (Å²) < 4.78 is 27.3. The molecule has 3 heterocycles. The summed E-state index contributed by atoms with van der Waals surface area (Å²) in [5.74, 6) is 0.813. The largest absolute Gasteiger partial charge is 0.380 e. The molecular formula is C24H26N6O4S. The molecule has 0 aliphatic carbocycles. The normalized spacial score (nSPS) is 16.1. The molecule has 1 aromatic heterocycles. The van der Waals surface area contributed by atoms with Gasteiger partial charge in [-0.15, -0.1) is 0 Å². The van der Waals surface area contributed by atoms with Gasteiger partial charge in [0.2, 0.25) is 5.95 Å². The third kappa shape index (κ3) is 5.36. The molecule has 0 radical (unpaired) electrons. The minimum Gasteiger partial charge on any atom is -0.371 e. The Hall–Kier alpha value is -3.70. The summed E-state index contributed by atoms with van der Waals surface area (Å²) in [6.45, 7) is 4.17. The molecule has 0 saturated carbocycles. The summed E-state index contributed by atoms with van der Waals surface area (Å²) in [6.07, 6.45) is 4.17. The molecule has 2 aromatic carbocycles. The molecule has 35 heavy (non-hydrogen) atoms. The standard InChI is InChI=1S/C24H26N6O4S/c25-35(32,33)34-22-6-5-18-7-10-30(17-20(18)16-22)23(31)19-3-1-4-21(15-19)28-11-13-29(14-12-28)24-26-8-2-9-27-24/h1-6,8-9,15-16H,7,10-14,17H2,(H2,25,32,33). The van der Waals surface area contributed by atoms with Crippen molar-refractivity contribution in [3.8, 4) is 5.75 Å². The van der Waals surface area contributed by atoms with E-state index in [1.807, 2.05) is 30.3 Å². The maximum absolute atomic E-state index is 13.3. The average Bonchev–Trinajstić information content (AvgIpc) is 2.87. The molecular weight excluding hydrogens is 468 g/mol. The number of piperazine rings is 1. The third-order valence-electron chi connectivity index (χ3n) is 6.26. The first-order valence-corrected chi connectivity index (χ1v) is 12.8. The third-order valence-corrected chi connectivity index (χ3v) is 6.69. The summed E-state index contributed by atoms with van der Waals surface area (Å²) in [4.78, 5) is 28.2. The fraction of sp³-hybridized carbons (Fsp3) is 0.292. The second kappa shape index (κ2) is 9.51. The minimum atomic E-state index is -4.11. The maximum atomic E-state index is 13.3. The Bertz CT molecular complexity index is 1330. The Labute approximate surface area is 204 Å². The molecule has 2 aliphatic heterocycles. The van der Waals surface area contributed by atoms with Gasteiger partial charge in [0, 0.05) is 62.9 Å². The second-order valence-corrected chi connectivity index (χ2v) is 9.71. The van der Waals surface area contributed by atoms with Crippen LogP contribution in [0.4, 0.5) is 11.6 Å². The van der Waals surface area contributed by atoms with Gasteiger partial charge in [0.05, 0.1) is 0 Å². The molecule has 2 aliphatic rings. The highest BCUT2D eigenvalue weighted by Crippen LogP contribution is 2.26. The Morgan fingerprint density at radius 1 is 0.886 bits per heavy atom. The minimum absolute atomic E-state index is 0.0633. The SMILES string of the molecule is NS(=O)(=O)Oc1ccc2c(c1)CN(C(=O)c1cccc(N3CCN(c4ncccn4)CC3)c1)CC2. The molecule has 2 N–H and O–H groups in total. The molecule has 1 fully saturated rings. The van der Waals surface area contributed by atoms with Crippen LogP contribution in [0.2, 0.25) is 0 Å². The maximum Gasteiger partial charge on any atom is 0.380 e. The molecule has 10 nitrogen and oxygen atoms in total. The van der Waals surface area contributed by atoms with E-state index in [4.69, 9.17) is 9.32 Å². The Balaban J connectivity index is 1.26. The lowest BCUT2D eigenvalue weighted by molar-refractivity contribution is 0.0734. The van der Waals surface area contributed by atoms with Crippen LogP contribution in [0, 0.1) is 0 Å². The van der Waals surface area contributed by atoms with Crippen LogP contribution in [0.1, 0.15) is 21.5 Å². The van der Waals surface area contributed by atoms with Gasteiger partial charge < -0.3 is 18.9 Å². The molecule has 5 rings (SSSR count). The lowest BCUT2D eigenvalue weighted by Crippen LogP contribution is -2.47. The van der Waals surface area contributed by atoms with E-state index in [-0.39, 0.29) is 11.7 Å². The summed E-state index contributed by atoms with van der Waals surface area (Å²) in [6, 6.07) is 14.5. The number of nitrogens with two attached hydrogens (primary N) is 1. The van der Waals surface area contributed by atoms with E-state index in [0.717, 1.165) is 48.9 Å². The van der Waals surface area contributed by atoms with Crippen LogP contribution in [0.25, 0.3) is 0 Å². The first kappa shape index (κ1) is 23.1. The summed E-state index contributed by atoms with van der Waals surface area (Å²) in [7, 11) is -4.11.